The molecule has 1 aromatic heterocycles. The summed E-state index contributed by atoms with van der Waals surface area (Å²) in [6.07, 6.45) is 0.645. The molecule has 0 fully saturated rings. The highest BCUT2D eigenvalue weighted by Crippen LogP contribution is 2.20. The van der Waals surface area contributed by atoms with Gasteiger partial charge in [-0.1, -0.05) is 0 Å². The zero-order valence-corrected chi connectivity index (χ0v) is 9.71. The van der Waals surface area contributed by atoms with Crippen LogP contribution in [0, 0.1) is 0 Å². The molecule has 1 rings (SSSR count). The molecule has 0 aliphatic rings. The molecule has 0 spiro atoms. The summed E-state index contributed by atoms with van der Waals surface area (Å²) in [5.41, 5.74) is -0.531. The van der Waals surface area contributed by atoms with Crippen LogP contribution < -0.4 is 5.32 Å². The Hall–Kier alpha value is -1.04. The van der Waals surface area contributed by atoms with E-state index in [9.17, 15) is 4.79 Å². The quantitative estimate of drug-likeness (QED) is 0.846. The predicted octanol–water partition coefficient (Wildman–Crippen LogP) is 2.78. The molecule has 6 heteroatoms. The maximum atomic E-state index is 11.2. The number of nitrogens with one attached hydrogen (secondary N) is 1. The van der Waals surface area contributed by atoms with E-state index in [1.165, 1.54) is 6.39 Å². The SMILES string of the molecule is CC(C)(C)OC(=O)Nc1ocnc1Br. The summed E-state index contributed by atoms with van der Waals surface area (Å²) in [5.74, 6) is 0.235. The lowest BCUT2D eigenvalue weighted by Crippen LogP contribution is -2.27. The number of nitrogens with zero attached hydrogens (tertiary/aromatic N) is 1. The Bertz CT molecular complexity index is 330. The normalized spacial score (nSPS) is 11.1. The molecule has 0 radical (unpaired) electrons. The van der Waals surface area contributed by atoms with Crippen LogP contribution in [0.3, 0.4) is 0 Å². The van der Waals surface area contributed by atoms with Crippen molar-refractivity contribution in [1.29, 1.82) is 0 Å². The van der Waals surface area contributed by atoms with E-state index < -0.39 is 11.7 Å². The van der Waals surface area contributed by atoms with Gasteiger partial charge in [0.05, 0.1) is 0 Å². The average Bonchev–Trinajstić information content (AvgIpc) is 2.32. The minimum atomic E-state index is -0.574. The molecular weight excluding hydrogens is 252 g/mol. The molecule has 14 heavy (non-hydrogen) atoms. The summed E-state index contributed by atoms with van der Waals surface area (Å²) in [6, 6.07) is 0. The highest BCUT2D eigenvalue weighted by molar-refractivity contribution is 9.10. The van der Waals surface area contributed by atoms with Crippen molar-refractivity contribution in [3.8, 4) is 0 Å². The number of hydrogen-bond acceptors (Lipinski definition) is 4. The molecule has 1 N–H and O–H groups in total. The maximum absolute atomic E-state index is 11.2. The van der Waals surface area contributed by atoms with Crippen LogP contribution in [0.2, 0.25) is 0 Å². The van der Waals surface area contributed by atoms with E-state index in [0.717, 1.165) is 0 Å². The van der Waals surface area contributed by atoms with Gasteiger partial charge in [-0.05, 0) is 36.7 Å². The predicted molar refractivity (Wildman–Crippen MR) is 54.1 cm³/mol. The number of hydrogen-bond donors (Lipinski definition) is 1. The Morgan fingerprint density at radius 1 is 1.64 bits per heavy atom. The van der Waals surface area contributed by atoms with Crippen molar-refractivity contribution in [1.82, 2.24) is 4.98 Å². The Kier molecular flexibility index (Phi) is 3.15. The number of aromatic nitrogens is 1. The molecule has 0 saturated carbocycles. The van der Waals surface area contributed by atoms with Gasteiger partial charge in [0.2, 0.25) is 5.88 Å². The van der Waals surface area contributed by atoms with Crippen LogP contribution in [0.4, 0.5) is 10.7 Å². The Balaban J connectivity index is 2.54. The van der Waals surface area contributed by atoms with Gasteiger partial charge in [0, 0.05) is 0 Å². The van der Waals surface area contributed by atoms with E-state index in [0.29, 0.717) is 4.60 Å². The molecule has 0 saturated heterocycles. The fourth-order valence-electron chi connectivity index (χ4n) is 0.710. The van der Waals surface area contributed by atoms with Crippen LogP contribution in [-0.2, 0) is 4.74 Å². The maximum Gasteiger partial charge on any atom is 0.414 e. The highest BCUT2D eigenvalue weighted by Gasteiger charge is 2.18. The number of anilines is 1. The molecule has 78 valence electrons. The summed E-state index contributed by atoms with van der Waals surface area (Å²) in [4.78, 5) is 15.0. The largest absolute Gasteiger partial charge is 0.444 e. The lowest BCUT2D eigenvalue weighted by atomic mass is 10.2. The van der Waals surface area contributed by atoms with Crippen LogP contribution >= 0.6 is 15.9 Å². The Morgan fingerprint density at radius 3 is 2.71 bits per heavy atom. The van der Waals surface area contributed by atoms with Crippen molar-refractivity contribution in [2.45, 2.75) is 26.4 Å². The minimum absolute atomic E-state index is 0.235. The summed E-state index contributed by atoms with van der Waals surface area (Å²) >= 11 is 3.10. The van der Waals surface area contributed by atoms with Crippen LogP contribution in [0.5, 0.6) is 0 Å². The summed E-state index contributed by atoms with van der Waals surface area (Å²) in [5, 5.41) is 2.41. The van der Waals surface area contributed by atoms with E-state index in [-0.39, 0.29) is 5.88 Å². The molecule has 0 bridgehead atoms. The number of amides is 1. The van der Waals surface area contributed by atoms with Crippen molar-refractivity contribution in [3.05, 3.63) is 11.0 Å². The number of oxazole rings is 1. The zero-order chi connectivity index (χ0) is 10.8. The second-order valence-electron chi connectivity index (χ2n) is 3.60. The summed E-state index contributed by atoms with van der Waals surface area (Å²) < 4.78 is 10.3. The van der Waals surface area contributed by atoms with Crippen molar-refractivity contribution < 1.29 is 13.9 Å². The van der Waals surface area contributed by atoms with Gasteiger partial charge in [0.25, 0.3) is 0 Å². The molecular formula is C8H11BrN2O3. The Labute approximate surface area is 90.0 Å². The average molecular weight is 263 g/mol. The number of halogens is 1. The van der Waals surface area contributed by atoms with Gasteiger partial charge in [-0.25, -0.2) is 9.78 Å². The first kappa shape index (κ1) is 11.0. The third-order valence-electron chi connectivity index (χ3n) is 1.14. The first-order valence-corrected chi connectivity index (χ1v) is 4.77. The van der Waals surface area contributed by atoms with Gasteiger partial charge in [-0.15, -0.1) is 0 Å². The number of rotatable bonds is 1. The minimum Gasteiger partial charge on any atom is -0.444 e. The van der Waals surface area contributed by atoms with Gasteiger partial charge in [0.15, 0.2) is 11.0 Å². The zero-order valence-electron chi connectivity index (χ0n) is 8.13. The van der Waals surface area contributed by atoms with Crippen LogP contribution in [0.15, 0.2) is 15.4 Å². The van der Waals surface area contributed by atoms with E-state index in [1.54, 1.807) is 20.8 Å². The first-order chi connectivity index (χ1) is 6.38. The second kappa shape index (κ2) is 4.00. The molecule has 0 atom stereocenters. The van der Waals surface area contributed by atoms with Crippen molar-refractivity contribution >= 4 is 27.9 Å². The van der Waals surface area contributed by atoms with Gasteiger partial charge in [-0.2, -0.15) is 0 Å². The number of ether oxygens (including phenoxy) is 1. The van der Waals surface area contributed by atoms with E-state index in [4.69, 9.17) is 9.15 Å². The molecule has 5 nitrogen and oxygen atoms in total. The Morgan fingerprint density at radius 2 is 2.29 bits per heavy atom. The molecule has 1 heterocycles. The third kappa shape index (κ3) is 3.37. The third-order valence-corrected chi connectivity index (χ3v) is 1.70. The first-order valence-electron chi connectivity index (χ1n) is 3.97. The second-order valence-corrected chi connectivity index (χ2v) is 4.35. The van der Waals surface area contributed by atoms with Crippen molar-refractivity contribution in [2.24, 2.45) is 0 Å². The van der Waals surface area contributed by atoms with Crippen LogP contribution in [-0.4, -0.2) is 16.7 Å². The number of carbonyl (C=O) groups excluding carboxylic acids is 1. The lowest BCUT2D eigenvalue weighted by molar-refractivity contribution is 0.0632. The standard InChI is InChI=1S/C8H11BrN2O3/c1-8(2,3)14-7(12)11-6-5(9)10-4-13-6/h4H,1-3H3,(H,11,12). The van der Waals surface area contributed by atoms with Crippen LogP contribution in [0.25, 0.3) is 0 Å². The van der Waals surface area contributed by atoms with Gasteiger partial charge >= 0.3 is 6.09 Å². The van der Waals surface area contributed by atoms with Crippen molar-refractivity contribution in [3.63, 3.8) is 0 Å². The molecule has 0 aliphatic carbocycles. The number of carbonyl (C=O) groups is 1. The van der Waals surface area contributed by atoms with E-state index in [2.05, 4.69) is 26.2 Å². The molecule has 0 aromatic carbocycles. The van der Waals surface area contributed by atoms with Gasteiger partial charge in [0.1, 0.15) is 5.60 Å². The molecule has 0 aliphatic heterocycles. The smallest absolute Gasteiger partial charge is 0.414 e. The summed E-state index contributed by atoms with van der Waals surface area (Å²) in [6.45, 7) is 5.34. The fourth-order valence-corrected chi connectivity index (χ4v) is 0.986. The molecule has 1 aromatic rings. The van der Waals surface area contributed by atoms with Gasteiger partial charge in [-0.3, -0.25) is 5.32 Å². The highest BCUT2D eigenvalue weighted by atomic mass is 79.9. The van der Waals surface area contributed by atoms with Crippen LogP contribution in [0.1, 0.15) is 20.8 Å². The topological polar surface area (TPSA) is 64.4 Å². The molecule has 0 unspecified atom stereocenters. The monoisotopic (exact) mass is 262 g/mol. The summed E-state index contributed by atoms with van der Waals surface area (Å²) in [7, 11) is 0. The fraction of sp³-hybridized carbons (Fsp3) is 0.500. The van der Waals surface area contributed by atoms with E-state index >= 15 is 0 Å². The van der Waals surface area contributed by atoms with Crippen molar-refractivity contribution in [2.75, 3.05) is 5.32 Å². The lowest BCUT2D eigenvalue weighted by Gasteiger charge is -2.18. The van der Waals surface area contributed by atoms with Gasteiger partial charge < -0.3 is 9.15 Å². The molecule has 1 amide bonds. The van der Waals surface area contributed by atoms with E-state index in [1.807, 2.05) is 0 Å².